The van der Waals surface area contributed by atoms with Crippen molar-refractivity contribution in [3.63, 3.8) is 0 Å². The normalized spacial score (nSPS) is 14.5. The van der Waals surface area contributed by atoms with Crippen molar-refractivity contribution < 1.29 is 22.7 Å². The van der Waals surface area contributed by atoms with Gasteiger partial charge in [0.1, 0.15) is 4.90 Å². The number of ketones is 1. The van der Waals surface area contributed by atoms with E-state index >= 15 is 0 Å². The van der Waals surface area contributed by atoms with E-state index in [1.807, 2.05) is 66.2 Å². The van der Waals surface area contributed by atoms with Crippen molar-refractivity contribution in [2.75, 3.05) is 19.7 Å². The molecule has 0 radical (unpaired) electrons. The van der Waals surface area contributed by atoms with Gasteiger partial charge in [-0.2, -0.15) is 4.31 Å². The van der Waals surface area contributed by atoms with Gasteiger partial charge in [-0.1, -0.05) is 66.6 Å². The Morgan fingerprint density at radius 1 is 0.921 bits per heavy atom. The maximum Gasteiger partial charge on any atom is 0.338 e. The first-order chi connectivity index (χ1) is 18.3. The van der Waals surface area contributed by atoms with Crippen LogP contribution >= 0.6 is 11.6 Å². The zero-order valence-corrected chi connectivity index (χ0v) is 22.5. The standard InChI is InChI=1S/C29H27ClN2O5S/c1-31-24-13-7-6-12-22(24)27(28(31)20-10-4-2-5-11-20)25(33)19-37-29(34)21-14-15-23(30)26(18-21)38(35,36)32-16-8-3-9-17-32/h2,4-7,10-15,18H,3,8-9,16-17,19H2,1H3. The van der Waals surface area contributed by atoms with Crippen LogP contribution in [0.3, 0.4) is 0 Å². The Hall–Kier alpha value is -3.46. The molecule has 0 bridgehead atoms. The number of fused-ring (bicyclic) bond motifs is 1. The number of carbonyl (C=O) groups is 2. The molecular weight excluding hydrogens is 524 g/mol. The molecule has 38 heavy (non-hydrogen) atoms. The fraction of sp³-hybridized carbons (Fsp3) is 0.241. The summed E-state index contributed by atoms with van der Waals surface area (Å²) in [7, 11) is -1.96. The Bertz CT molecular complexity index is 1620. The number of carbonyl (C=O) groups excluding carboxylic acids is 2. The lowest BCUT2D eigenvalue weighted by molar-refractivity contribution is 0.0475. The highest BCUT2D eigenvalue weighted by Crippen LogP contribution is 2.33. The number of para-hydroxylation sites is 1. The molecule has 0 aliphatic carbocycles. The molecule has 2 heterocycles. The zero-order valence-electron chi connectivity index (χ0n) is 20.9. The molecule has 0 atom stereocenters. The summed E-state index contributed by atoms with van der Waals surface area (Å²) in [6, 6.07) is 21.1. The first-order valence-electron chi connectivity index (χ1n) is 12.4. The van der Waals surface area contributed by atoms with Gasteiger partial charge in [0.25, 0.3) is 0 Å². The summed E-state index contributed by atoms with van der Waals surface area (Å²) in [5.41, 5.74) is 2.96. The highest BCUT2D eigenvalue weighted by Gasteiger charge is 2.29. The van der Waals surface area contributed by atoms with Crippen molar-refractivity contribution >= 4 is 44.3 Å². The van der Waals surface area contributed by atoms with E-state index in [-0.39, 0.29) is 21.3 Å². The lowest BCUT2D eigenvalue weighted by Crippen LogP contribution is -2.35. The van der Waals surface area contributed by atoms with E-state index in [1.54, 1.807) is 0 Å². The Kier molecular flexibility index (Phi) is 7.38. The van der Waals surface area contributed by atoms with Crippen molar-refractivity contribution in [1.29, 1.82) is 0 Å². The molecule has 0 spiro atoms. The number of aryl methyl sites for hydroxylation is 1. The Labute approximate surface area is 226 Å². The number of ether oxygens (including phenoxy) is 1. The van der Waals surface area contributed by atoms with Crippen molar-refractivity contribution in [2.24, 2.45) is 7.05 Å². The highest BCUT2D eigenvalue weighted by atomic mass is 35.5. The molecule has 0 N–H and O–H groups in total. The molecule has 0 unspecified atom stereocenters. The fourth-order valence-electron chi connectivity index (χ4n) is 4.97. The number of hydrogen-bond donors (Lipinski definition) is 0. The van der Waals surface area contributed by atoms with Crippen molar-refractivity contribution in [3.05, 3.63) is 88.9 Å². The number of Topliss-reactive ketones (excluding diaryl/α,β-unsaturated/α-hetero) is 1. The second kappa shape index (κ2) is 10.7. The number of benzene rings is 3. The van der Waals surface area contributed by atoms with Crippen molar-refractivity contribution in [2.45, 2.75) is 24.2 Å². The van der Waals surface area contributed by atoms with Crippen LogP contribution in [0.2, 0.25) is 5.02 Å². The molecular formula is C29H27ClN2O5S. The minimum Gasteiger partial charge on any atom is -0.454 e. The van der Waals surface area contributed by atoms with Crippen LogP contribution in [0.5, 0.6) is 0 Å². The average molecular weight is 551 g/mol. The molecule has 1 fully saturated rings. The first kappa shape index (κ1) is 26.2. The molecule has 3 aromatic carbocycles. The van der Waals surface area contributed by atoms with Crippen LogP contribution in [-0.2, 0) is 21.8 Å². The number of piperidine rings is 1. The highest BCUT2D eigenvalue weighted by molar-refractivity contribution is 7.89. The van der Waals surface area contributed by atoms with Gasteiger partial charge >= 0.3 is 5.97 Å². The quantitative estimate of drug-likeness (QED) is 0.217. The van der Waals surface area contributed by atoms with Gasteiger partial charge in [-0.05, 0) is 42.7 Å². The minimum absolute atomic E-state index is 0.0130. The number of aromatic nitrogens is 1. The van der Waals surface area contributed by atoms with Crippen LogP contribution in [0.4, 0.5) is 0 Å². The van der Waals surface area contributed by atoms with Gasteiger partial charge in [0, 0.05) is 31.0 Å². The van der Waals surface area contributed by atoms with Gasteiger partial charge < -0.3 is 9.30 Å². The maximum absolute atomic E-state index is 13.5. The largest absolute Gasteiger partial charge is 0.454 e. The van der Waals surface area contributed by atoms with Crippen LogP contribution in [0, 0.1) is 0 Å². The summed E-state index contributed by atoms with van der Waals surface area (Å²) >= 11 is 6.23. The Morgan fingerprint density at radius 3 is 2.34 bits per heavy atom. The van der Waals surface area contributed by atoms with E-state index in [0.29, 0.717) is 18.7 Å². The number of halogens is 1. The summed E-state index contributed by atoms with van der Waals surface area (Å²) in [6.45, 7) is 0.330. The molecule has 1 saturated heterocycles. The second-order valence-corrected chi connectivity index (χ2v) is 11.6. The summed E-state index contributed by atoms with van der Waals surface area (Å²) in [5, 5.41) is 0.794. The summed E-state index contributed by atoms with van der Waals surface area (Å²) in [6.07, 6.45) is 2.53. The van der Waals surface area contributed by atoms with Gasteiger partial charge in [0.2, 0.25) is 15.8 Å². The van der Waals surface area contributed by atoms with Gasteiger partial charge in [-0.3, -0.25) is 4.79 Å². The molecule has 9 heteroatoms. The molecule has 196 valence electrons. The SMILES string of the molecule is Cn1c(-c2ccccc2)c(C(=O)COC(=O)c2ccc(Cl)c(S(=O)(=O)N3CCCCC3)c2)c2ccccc21. The predicted octanol–water partition coefficient (Wildman–Crippen LogP) is 5.71. The lowest BCUT2D eigenvalue weighted by atomic mass is 10.0. The Balaban J connectivity index is 1.41. The van der Waals surface area contributed by atoms with E-state index in [2.05, 4.69) is 0 Å². The van der Waals surface area contributed by atoms with Gasteiger partial charge in [0.15, 0.2) is 6.61 Å². The second-order valence-electron chi connectivity index (χ2n) is 9.28. The van der Waals surface area contributed by atoms with E-state index in [0.717, 1.165) is 41.4 Å². The van der Waals surface area contributed by atoms with Crippen molar-refractivity contribution in [1.82, 2.24) is 8.87 Å². The van der Waals surface area contributed by atoms with E-state index in [9.17, 15) is 18.0 Å². The molecule has 0 saturated carbocycles. The first-order valence-corrected chi connectivity index (χ1v) is 14.2. The monoisotopic (exact) mass is 550 g/mol. The molecule has 1 aliphatic rings. The van der Waals surface area contributed by atoms with E-state index < -0.39 is 22.6 Å². The van der Waals surface area contributed by atoms with E-state index in [4.69, 9.17) is 16.3 Å². The molecule has 1 aromatic heterocycles. The third-order valence-corrected chi connectivity index (χ3v) is 9.25. The van der Waals surface area contributed by atoms with Crippen LogP contribution in [-0.4, -0.2) is 48.7 Å². The molecule has 1 aliphatic heterocycles. The molecule has 0 amide bonds. The van der Waals surface area contributed by atoms with Crippen molar-refractivity contribution in [3.8, 4) is 11.3 Å². The van der Waals surface area contributed by atoms with Crippen LogP contribution in [0.25, 0.3) is 22.2 Å². The van der Waals surface area contributed by atoms with Gasteiger partial charge in [0.05, 0.1) is 21.8 Å². The molecule has 5 rings (SSSR count). The van der Waals surface area contributed by atoms with Crippen LogP contribution in [0.1, 0.15) is 40.0 Å². The zero-order chi connectivity index (χ0) is 26.9. The number of sulfonamides is 1. The maximum atomic E-state index is 13.5. The topological polar surface area (TPSA) is 85.7 Å². The average Bonchev–Trinajstić information content (AvgIpc) is 3.25. The van der Waals surface area contributed by atoms with Crippen LogP contribution < -0.4 is 0 Å². The molecule has 7 nitrogen and oxygen atoms in total. The van der Waals surface area contributed by atoms with Gasteiger partial charge in [-0.15, -0.1) is 0 Å². The van der Waals surface area contributed by atoms with E-state index in [1.165, 1.54) is 22.5 Å². The van der Waals surface area contributed by atoms with Crippen LogP contribution in [0.15, 0.2) is 77.7 Å². The Morgan fingerprint density at radius 2 is 1.61 bits per heavy atom. The summed E-state index contributed by atoms with van der Waals surface area (Å²) < 4.78 is 35.1. The minimum atomic E-state index is -3.86. The van der Waals surface area contributed by atoms with Gasteiger partial charge in [-0.25, -0.2) is 13.2 Å². The third-order valence-electron chi connectivity index (χ3n) is 6.87. The third kappa shape index (κ3) is 4.87. The number of hydrogen-bond acceptors (Lipinski definition) is 5. The lowest BCUT2D eigenvalue weighted by Gasteiger charge is -2.26. The summed E-state index contributed by atoms with van der Waals surface area (Å²) in [5.74, 6) is -1.16. The fourth-order valence-corrected chi connectivity index (χ4v) is 6.99. The number of nitrogens with zero attached hydrogens (tertiary/aromatic N) is 2. The number of rotatable bonds is 7. The smallest absolute Gasteiger partial charge is 0.338 e. The predicted molar refractivity (Wildman–Crippen MR) is 147 cm³/mol. The molecule has 4 aromatic rings. The summed E-state index contributed by atoms with van der Waals surface area (Å²) in [4.78, 5) is 26.3. The number of esters is 1.